The zero-order valence-electron chi connectivity index (χ0n) is 16.3. The van der Waals surface area contributed by atoms with Gasteiger partial charge in [-0.2, -0.15) is 0 Å². The van der Waals surface area contributed by atoms with Crippen LogP contribution in [0.1, 0.15) is 0 Å². The van der Waals surface area contributed by atoms with Crippen molar-refractivity contribution in [2.75, 3.05) is 48.8 Å². The molecule has 0 unspecified atom stereocenters. The average Bonchev–Trinajstić information content (AvgIpc) is 3.11. The number of carbonyl (C=O) groups excluding carboxylic acids is 2. The monoisotopic (exact) mass is 507 g/mol. The maximum Gasteiger partial charge on any atom is 0.326 e. The summed E-state index contributed by atoms with van der Waals surface area (Å²) in [5.41, 5.74) is 7.62. The highest BCUT2D eigenvalue weighted by Crippen LogP contribution is 2.29. The topological polar surface area (TPSA) is 101 Å². The lowest BCUT2D eigenvalue weighted by molar-refractivity contribution is -0.142. The minimum atomic E-state index is -0.422. The second-order valence-corrected chi connectivity index (χ2v) is 8.76. The zero-order chi connectivity index (χ0) is 22.0. The quantitative estimate of drug-likeness (QED) is 0.548. The molecule has 1 saturated heterocycles. The van der Waals surface area contributed by atoms with Gasteiger partial charge in [-0.1, -0.05) is 11.3 Å². The number of aromatic nitrogens is 1. The summed E-state index contributed by atoms with van der Waals surface area (Å²) in [4.78, 5) is 32.7. The molecule has 0 radical (unpaired) electrons. The highest BCUT2D eigenvalue weighted by Gasteiger charge is 2.22. The van der Waals surface area contributed by atoms with Gasteiger partial charge in [-0.25, -0.2) is 14.2 Å². The molecule has 1 fully saturated rings. The Balaban J connectivity index is 1.59. The first-order valence-electron chi connectivity index (χ1n) is 9.46. The summed E-state index contributed by atoms with van der Waals surface area (Å²) < 4.78 is 19.8. The summed E-state index contributed by atoms with van der Waals surface area (Å²) in [6, 6.07) is 9.25. The van der Waals surface area contributed by atoms with E-state index in [1.165, 1.54) is 34.4 Å². The zero-order valence-corrected chi connectivity index (χ0v) is 18.7. The number of amides is 3. The first kappa shape index (κ1) is 21.5. The van der Waals surface area contributed by atoms with Crippen LogP contribution in [0.5, 0.6) is 0 Å². The molecule has 31 heavy (non-hydrogen) atoms. The third kappa shape index (κ3) is 4.94. The molecule has 2 heterocycles. The molecular formula is C20H19BrFN5O3S. The number of nitrogen functional groups attached to an aromatic ring is 1. The lowest BCUT2D eigenvalue weighted by Gasteiger charge is -2.30. The van der Waals surface area contributed by atoms with Crippen molar-refractivity contribution in [3.8, 4) is 0 Å². The molecule has 8 nitrogen and oxygen atoms in total. The van der Waals surface area contributed by atoms with Crippen molar-refractivity contribution in [2.45, 2.75) is 0 Å². The number of anilines is 3. The molecule has 1 aliphatic heterocycles. The van der Waals surface area contributed by atoms with Crippen molar-refractivity contribution in [3.05, 3.63) is 46.7 Å². The molecule has 0 aliphatic carbocycles. The summed E-state index contributed by atoms with van der Waals surface area (Å²) in [6.07, 6.45) is 0. The van der Waals surface area contributed by atoms with E-state index >= 15 is 0 Å². The molecule has 2 aromatic carbocycles. The normalized spacial score (nSPS) is 14.1. The Morgan fingerprint density at radius 1 is 1.35 bits per heavy atom. The number of morpholine rings is 1. The van der Waals surface area contributed by atoms with Crippen molar-refractivity contribution in [3.63, 3.8) is 0 Å². The van der Waals surface area contributed by atoms with Crippen LogP contribution in [0.2, 0.25) is 0 Å². The molecule has 3 aromatic rings. The van der Waals surface area contributed by atoms with Crippen LogP contribution in [0.4, 0.5) is 25.7 Å². The Hall–Kier alpha value is -2.76. The maximum atomic E-state index is 13.5. The number of nitrogens with zero attached hydrogens (tertiary/aromatic N) is 3. The molecule has 11 heteroatoms. The molecule has 162 valence electrons. The fourth-order valence-corrected chi connectivity index (χ4v) is 4.37. The van der Waals surface area contributed by atoms with Gasteiger partial charge >= 0.3 is 6.03 Å². The fourth-order valence-electron chi connectivity index (χ4n) is 3.22. The van der Waals surface area contributed by atoms with Gasteiger partial charge in [0.25, 0.3) is 0 Å². The van der Waals surface area contributed by atoms with Crippen molar-refractivity contribution >= 4 is 65.9 Å². The van der Waals surface area contributed by atoms with Crippen molar-refractivity contribution in [2.24, 2.45) is 0 Å². The van der Waals surface area contributed by atoms with Gasteiger partial charge in [-0.3, -0.25) is 9.69 Å². The van der Waals surface area contributed by atoms with Crippen LogP contribution in [0.25, 0.3) is 10.2 Å². The number of rotatable bonds is 5. The number of urea groups is 1. The summed E-state index contributed by atoms with van der Waals surface area (Å²) in [7, 11) is 0. The van der Waals surface area contributed by atoms with E-state index in [4.69, 9.17) is 10.5 Å². The summed E-state index contributed by atoms with van der Waals surface area (Å²) in [5.74, 6) is -0.534. The summed E-state index contributed by atoms with van der Waals surface area (Å²) >= 11 is 4.45. The minimum Gasteiger partial charge on any atom is -0.375 e. The Morgan fingerprint density at radius 3 is 2.97 bits per heavy atom. The average molecular weight is 508 g/mol. The first-order chi connectivity index (χ1) is 14.9. The Bertz CT molecular complexity index is 1140. The third-order valence-electron chi connectivity index (χ3n) is 4.79. The Labute approximate surface area is 189 Å². The van der Waals surface area contributed by atoms with E-state index in [-0.39, 0.29) is 23.5 Å². The second kappa shape index (κ2) is 9.16. The molecule has 3 amide bonds. The third-order valence-corrected chi connectivity index (χ3v) is 6.25. The van der Waals surface area contributed by atoms with Crippen LogP contribution in [-0.4, -0.2) is 54.7 Å². The standard InChI is InChI=1S/C20H19BrFN5O3S/c21-14-9-12(1-3-15(14)22)24-20(29)27(6-5-26-7-8-30-11-18(26)28)13-2-4-16-17(10-13)31-19(23)25-16/h1-4,9-10H,5-8,11H2,(H2,23,25)(H,24,29). The number of halogens is 2. The van der Waals surface area contributed by atoms with Gasteiger partial charge < -0.3 is 20.7 Å². The number of ether oxygens (including phenoxy) is 1. The molecule has 0 atom stereocenters. The van der Waals surface area contributed by atoms with E-state index in [1.807, 2.05) is 6.07 Å². The van der Waals surface area contributed by atoms with Crippen LogP contribution in [0.3, 0.4) is 0 Å². The number of carbonyl (C=O) groups is 2. The number of nitrogens with two attached hydrogens (primary N) is 1. The van der Waals surface area contributed by atoms with Crippen LogP contribution in [0.15, 0.2) is 40.9 Å². The molecule has 0 saturated carbocycles. The Kier molecular flexibility index (Phi) is 6.35. The summed E-state index contributed by atoms with van der Waals surface area (Å²) in [6.45, 7) is 1.60. The molecular weight excluding hydrogens is 489 g/mol. The van der Waals surface area contributed by atoms with E-state index in [0.717, 1.165) is 10.2 Å². The number of thiazole rings is 1. The van der Waals surface area contributed by atoms with E-state index in [9.17, 15) is 14.0 Å². The van der Waals surface area contributed by atoms with Gasteiger partial charge in [0.05, 0.1) is 21.3 Å². The van der Waals surface area contributed by atoms with Crippen LogP contribution in [-0.2, 0) is 9.53 Å². The fraction of sp³-hybridized carbons (Fsp3) is 0.250. The van der Waals surface area contributed by atoms with Gasteiger partial charge in [-0.15, -0.1) is 0 Å². The van der Waals surface area contributed by atoms with Gasteiger partial charge in [0.2, 0.25) is 5.91 Å². The van der Waals surface area contributed by atoms with Gasteiger partial charge in [0, 0.05) is 31.0 Å². The van der Waals surface area contributed by atoms with E-state index in [2.05, 4.69) is 26.2 Å². The molecule has 3 N–H and O–H groups in total. The van der Waals surface area contributed by atoms with E-state index in [1.54, 1.807) is 17.0 Å². The number of hydrogen-bond acceptors (Lipinski definition) is 6. The number of hydrogen-bond donors (Lipinski definition) is 2. The van der Waals surface area contributed by atoms with Gasteiger partial charge in [0.15, 0.2) is 5.13 Å². The number of nitrogens with one attached hydrogen (secondary N) is 1. The predicted octanol–water partition coefficient (Wildman–Crippen LogP) is 3.68. The smallest absolute Gasteiger partial charge is 0.326 e. The second-order valence-electron chi connectivity index (χ2n) is 6.85. The van der Waals surface area contributed by atoms with Crippen LogP contribution < -0.4 is 16.0 Å². The predicted molar refractivity (Wildman–Crippen MR) is 122 cm³/mol. The molecule has 0 spiro atoms. The van der Waals surface area contributed by atoms with Crippen molar-refractivity contribution < 1.29 is 18.7 Å². The lowest BCUT2D eigenvalue weighted by Crippen LogP contribution is -2.47. The first-order valence-corrected chi connectivity index (χ1v) is 11.1. The Morgan fingerprint density at radius 2 is 2.19 bits per heavy atom. The highest BCUT2D eigenvalue weighted by atomic mass is 79.9. The van der Waals surface area contributed by atoms with Gasteiger partial charge in [-0.05, 0) is 52.3 Å². The highest BCUT2D eigenvalue weighted by molar-refractivity contribution is 9.10. The van der Waals surface area contributed by atoms with E-state index in [0.29, 0.717) is 36.2 Å². The number of fused-ring (bicyclic) bond motifs is 1. The molecule has 4 rings (SSSR count). The minimum absolute atomic E-state index is 0.0436. The van der Waals surface area contributed by atoms with Crippen molar-refractivity contribution in [1.82, 2.24) is 9.88 Å². The molecule has 0 bridgehead atoms. The van der Waals surface area contributed by atoms with Crippen LogP contribution >= 0.6 is 27.3 Å². The van der Waals surface area contributed by atoms with Crippen molar-refractivity contribution in [1.29, 1.82) is 0 Å². The lowest BCUT2D eigenvalue weighted by atomic mass is 10.2. The maximum absolute atomic E-state index is 13.5. The molecule has 1 aliphatic rings. The molecule has 1 aromatic heterocycles. The van der Waals surface area contributed by atoms with Gasteiger partial charge in [0.1, 0.15) is 12.4 Å². The van der Waals surface area contributed by atoms with E-state index < -0.39 is 11.8 Å². The SMILES string of the molecule is Nc1nc2ccc(N(CCN3CCOCC3=O)C(=O)Nc3ccc(F)c(Br)c3)cc2s1. The largest absolute Gasteiger partial charge is 0.375 e. The summed E-state index contributed by atoms with van der Waals surface area (Å²) in [5, 5.41) is 3.23. The number of benzene rings is 2. The van der Waals surface area contributed by atoms with Crippen LogP contribution in [0, 0.1) is 5.82 Å².